The van der Waals surface area contributed by atoms with Crippen LogP contribution in [0, 0.1) is 0 Å². The van der Waals surface area contributed by atoms with Crippen LogP contribution in [0.3, 0.4) is 0 Å². The first-order chi connectivity index (χ1) is 26.3. The lowest BCUT2D eigenvalue weighted by molar-refractivity contribution is 0.475. The highest BCUT2D eigenvalue weighted by molar-refractivity contribution is 6.14. The summed E-state index contributed by atoms with van der Waals surface area (Å²) in [6, 6.07) is 62.3. The topological polar surface area (TPSA) is 61.1 Å². The van der Waals surface area contributed by atoms with Gasteiger partial charge in [-0.25, -0.2) is 15.0 Å². The van der Waals surface area contributed by atoms with Crippen LogP contribution < -0.4 is 10.6 Å². The van der Waals surface area contributed by atoms with Crippen molar-refractivity contribution in [2.24, 2.45) is 15.0 Å². The van der Waals surface area contributed by atoms with Gasteiger partial charge in [-0.1, -0.05) is 170 Å². The van der Waals surface area contributed by atoms with Crippen LogP contribution in [0.4, 0.5) is 5.69 Å². The van der Waals surface area contributed by atoms with Crippen LogP contribution in [-0.2, 0) is 5.41 Å². The lowest BCUT2D eigenvalue weighted by atomic mass is 9.70. The van der Waals surface area contributed by atoms with Crippen molar-refractivity contribution < 1.29 is 0 Å². The Morgan fingerprint density at radius 1 is 0.415 bits per heavy atom. The smallest absolute Gasteiger partial charge is 0.159 e. The number of para-hydroxylation sites is 1. The number of benzene rings is 7. The number of fused-ring (bicyclic) bond motifs is 11. The highest BCUT2D eigenvalue weighted by atomic mass is 15.2. The molecule has 5 nitrogen and oxygen atoms in total. The molecule has 2 aliphatic heterocycles. The van der Waals surface area contributed by atoms with Gasteiger partial charge >= 0.3 is 0 Å². The Kier molecular flexibility index (Phi) is 6.52. The lowest BCUT2D eigenvalue weighted by Gasteiger charge is -2.35. The standard InChI is InChI=1S/C48H33N5/c1-3-16-30(17-4-1)44-51-45(31-18-5-2-6-19-31)53-47(52-44)43-35-23-10-14-29-41(35)49-46(50-43)36-24-15-28-40-42(36)34-22-9-13-27-39(34)48(40)37-25-11-7-20-32(37)33-21-8-12-26-38(33)48/h1-29,43,47H,(H,49,50)(H,51,52,53). The molecular formula is C48H33N5. The Balaban J connectivity index is 1.09. The normalized spacial score (nSPS) is 18.2. The average molecular weight is 680 g/mol. The molecule has 0 fully saturated rings. The van der Waals surface area contributed by atoms with Gasteiger partial charge in [-0.3, -0.25) is 0 Å². The highest BCUT2D eigenvalue weighted by Crippen LogP contribution is 2.63. The largest absolute Gasteiger partial charge is 0.359 e. The second kappa shape index (κ2) is 11.6. The predicted molar refractivity (Wildman–Crippen MR) is 214 cm³/mol. The van der Waals surface area contributed by atoms with Gasteiger partial charge in [0, 0.05) is 22.3 Å². The zero-order chi connectivity index (χ0) is 34.9. The van der Waals surface area contributed by atoms with Gasteiger partial charge in [-0.2, -0.15) is 0 Å². The minimum atomic E-state index is -0.428. The molecule has 4 aliphatic rings. The fraction of sp³-hybridized carbons (Fsp3) is 0.0625. The second-order valence-corrected chi connectivity index (χ2v) is 14.0. The van der Waals surface area contributed by atoms with Crippen molar-refractivity contribution in [2.45, 2.75) is 17.6 Å². The van der Waals surface area contributed by atoms with Crippen molar-refractivity contribution in [2.75, 3.05) is 0 Å². The fourth-order valence-electron chi connectivity index (χ4n) is 9.06. The minimum absolute atomic E-state index is 0.235. The van der Waals surface area contributed by atoms with Crippen molar-refractivity contribution in [1.29, 1.82) is 0 Å². The Morgan fingerprint density at radius 3 is 1.68 bits per heavy atom. The van der Waals surface area contributed by atoms with Crippen LogP contribution in [0.5, 0.6) is 0 Å². The summed E-state index contributed by atoms with van der Waals surface area (Å²) in [5.41, 5.74) is 15.0. The van der Waals surface area contributed by atoms with Crippen LogP contribution in [0.2, 0.25) is 0 Å². The number of nitrogens with zero attached hydrogens (tertiary/aromatic N) is 3. The summed E-state index contributed by atoms with van der Waals surface area (Å²) in [6.45, 7) is 0. The molecule has 0 saturated carbocycles. The summed E-state index contributed by atoms with van der Waals surface area (Å²) in [5, 5.41) is 7.67. The maximum absolute atomic E-state index is 5.37. The molecule has 2 aliphatic carbocycles. The molecule has 7 aromatic rings. The van der Waals surface area contributed by atoms with E-state index in [1.54, 1.807) is 0 Å². The van der Waals surface area contributed by atoms with E-state index in [1.165, 1.54) is 44.5 Å². The van der Waals surface area contributed by atoms with Gasteiger partial charge in [-0.15, -0.1) is 0 Å². The fourth-order valence-corrected chi connectivity index (χ4v) is 9.06. The van der Waals surface area contributed by atoms with Crippen LogP contribution in [0.25, 0.3) is 22.3 Å². The van der Waals surface area contributed by atoms with E-state index in [9.17, 15) is 0 Å². The summed E-state index contributed by atoms with van der Waals surface area (Å²) in [5.74, 6) is 2.33. The van der Waals surface area contributed by atoms with Crippen LogP contribution >= 0.6 is 0 Å². The third-order valence-electron chi connectivity index (χ3n) is 11.2. The lowest BCUT2D eigenvalue weighted by Crippen LogP contribution is -2.49. The maximum atomic E-state index is 5.37. The predicted octanol–water partition coefficient (Wildman–Crippen LogP) is 9.58. The van der Waals surface area contributed by atoms with Crippen LogP contribution in [0.1, 0.15) is 50.5 Å². The maximum Gasteiger partial charge on any atom is 0.159 e. The van der Waals surface area contributed by atoms with Gasteiger partial charge < -0.3 is 10.6 Å². The number of rotatable bonds is 4. The SMILES string of the molecule is c1ccc(C2=NC(C3NC(c4cccc5c4-c4ccccc4C54c5ccccc5-c5ccccc54)=Nc4ccccc43)NC(c3ccccc3)=N2)cc1. The number of hydrogen-bond acceptors (Lipinski definition) is 5. The van der Waals surface area contributed by atoms with E-state index in [4.69, 9.17) is 15.0 Å². The summed E-state index contributed by atoms with van der Waals surface area (Å²) in [6.07, 6.45) is -0.367. The molecule has 53 heavy (non-hydrogen) atoms. The monoisotopic (exact) mass is 679 g/mol. The van der Waals surface area contributed by atoms with Gasteiger partial charge in [0.05, 0.1) is 17.1 Å². The Morgan fingerprint density at radius 2 is 0.962 bits per heavy atom. The summed E-state index contributed by atoms with van der Waals surface area (Å²) >= 11 is 0. The summed E-state index contributed by atoms with van der Waals surface area (Å²) in [4.78, 5) is 15.7. The molecule has 0 bridgehead atoms. The first-order valence-electron chi connectivity index (χ1n) is 18.2. The van der Waals surface area contributed by atoms with Gasteiger partial charge in [0.1, 0.15) is 17.8 Å². The van der Waals surface area contributed by atoms with Gasteiger partial charge in [0.15, 0.2) is 5.84 Å². The number of amidine groups is 3. The molecular weight excluding hydrogens is 647 g/mol. The molecule has 0 aromatic heterocycles. The first kappa shape index (κ1) is 29.8. The molecule has 250 valence electrons. The molecule has 5 heteroatoms. The molecule has 2 N–H and O–H groups in total. The Hall–Kier alpha value is -6.85. The third-order valence-corrected chi connectivity index (χ3v) is 11.2. The van der Waals surface area contributed by atoms with Crippen molar-refractivity contribution >= 4 is 23.2 Å². The molecule has 0 radical (unpaired) electrons. The molecule has 0 saturated heterocycles. The number of aliphatic imine (C=N–C) groups is 3. The molecule has 0 amide bonds. The Labute approximate surface area is 308 Å². The Bertz CT molecular complexity index is 2650. The van der Waals surface area contributed by atoms with E-state index in [-0.39, 0.29) is 12.2 Å². The second-order valence-electron chi connectivity index (χ2n) is 14.0. The average Bonchev–Trinajstić information content (AvgIpc) is 3.71. The number of hydrogen-bond donors (Lipinski definition) is 2. The molecule has 7 aromatic carbocycles. The third kappa shape index (κ3) is 4.34. The minimum Gasteiger partial charge on any atom is -0.359 e. The summed E-state index contributed by atoms with van der Waals surface area (Å²) in [7, 11) is 0. The highest BCUT2D eigenvalue weighted by Gasteiger charge is 2.52. The van der Waals surface area contributed by atoms with E-state index in [1.807, 2.05) is 36.4 Å². The molecule has 2 atom stereocenters. The van der Waals surface area contributed by atoms with E-state index in [2.05, 4.69) is 150 Å². The van der Waals surface area contributed by atoms with Crippen LogP contribution in [-0.4, -0.2) is 23.7 Å². The van der Waals surface area contributed by atoms with E-state index in [0.29, 0.717) is 5.84 Å². The van der Waals surface area contributed by atoms with Crippen molar-refractivity contribution in [3.63, 3.8) is 0 Å². The van der Waals surface area contributed by atoms with Crippen molar-refractivity contribution in [3.8, 4) is 22.3 Å². The zero-order valence-electron chi connectivity index (χ0n) is 28.7. The van der Waals surface area contributed by atoms with Crippen molar-refractivity contribution in [1.82, 2.24) is 10.6 Å². The van der Waals surface area contributed by atoms with Gasteiger partial charge in [0.25, 0.3) is 0 Å². The first-order valence-corrected chi connectivity index (χ1v) is 18.2. The molecule has 2 heterocycles. The molecule has 11 rings (SSSR count). The van der Waals surface area contributed by atoms with E-state index < -0.39 is 5.41 Å². The van der Waals surface area contributed by atoms with E-state index >= 15 is 0 Å². The van der Waals surface area contributed by atoms with Crippen LogP contribution in [0.15, 0.2) is 191 Å². The van der Waals surface area contributed by atoms with E-state index in [0.717, 1.165) is 39.6 Å². The van der Waals surface area contributed by atoms with Gasteiger partial charge in [-0.05, 0) is 50.6 Å². The zero-order valence-corrected chi connectivity index (χ0v) is 28.7. The molecule has 1 spiro atoms. The molecule has 2 unspecified atom stereocenters. The van der Waals surface area contributed by atoms with Crippen molar-refractivity contribution in [3.05, 3.63) is 220 Å². The quantitative estimate of drug-likeness (QED) is 0.195. The summed E-state index contributed by atoms with van der Waals surface area (Å²) < 4.78 is 0. The van der Waals surface area contributed by atoms with Gasteiger partial charge in [0.2, 0.25) is 0 Å². The number of nitrogens with one attached hydrogen (secondary N) is 2.